The van der Waals surface area contributed by atoms with Crippen LogP contribution in [0.4, 0.5) is 0 Å². The van der Waals surface area contributed by atoms with E-state index in [-0.39, 0.29) is 0 Å². The van der Waals surface area contributed by atoms with Gasteiger partial charge in [-0.3, -0.25) is 0 Å². The molecule has 1 unspecified atom stereocenters. The van der Waals surface area contributed by atoms with Crippen LogP contribution in [0.2, 0.25) is 0 Å². The van der Waals surface area contributed by atoms with Gasteiger partial charge in [-0.1, -0.05) is 12.8 Å². The van der Waals surface area contributed by atoms with Crippen molar-refractivity contribution in [2.45, 2.75) is 44.6 Å². The third-order valence-corrected chi connectivity index (χ3v) is 5.04. The van der Waals surface area contributed by atoms with E-state index in [0.29, 0.717) is 6.04 Å². The highest BCUT2D eigenvalue weighted by molar-refractivity contribution is 9.11. The number of rotatable bonds is 4. The molecular formula is C12H18BrNS. The molecule has 0 aromatic carbocycles. The summed E-state index contributed by atoms with van der Waals surface area (Å²) in [5, 5.41) is 0. The van der Waals surface area contributed by atoms with Crippen molar-refractivity contribution in [3.63, 3.8) is 0 Å². The second kappa shape index (κ2) is 5.46. The highest BCUT2D eigenvalue weighted by Gasteiger charge is 2.21. The van der Waals surface area contributed by atoms with Gasteiger partial charge in [-0.2, -0.15) is 0 Å². The largest absolute Gasteiger partial charge is 0.327 e. The summed E-state index contributed by atoms with van der Waals surface area (Å²) in [5.74, 6) is 0.799. The van der Waals surface area contributed by atoms with Gasteiger partial charge in [0, 0.05) is 10.9 Å². The quantitative estimate of drug-likeness (QED) is 0.891. The normalized spacial score (nSPS) is 19.6. The van der Waals surface area contributed by atoms with E-state index in [4.69, 9.17) is 5.73 Å². The van der Waals surface area contributed by atoms with Gasteiger partial charge < -0.3 is 5.73 Å². The second-order valence-electron chi connectivity index (χ2n) is 4.45. The van der Waals surface area contributed by atoms with Crippen molar-refractivity contribution in [3.8, 4) is 0 Å². The Balaban J connectivity index is 1.77. The maximum absolute atomic E-state index is 6.23. The number of aryl methyl sites for hydroxylation is 1. The summed E-state index contributed by atoms with van der Waals surface area (Å²) in [4.78, 5) is 1.45. The third kappa shape index (κ3) is 3.30. The van der Waals surface area contributed by atoms with Crippen LogP contribution in [0, 0.1) is 5.92 Å². The summed E-state index contributed by atoms with van der Waals surface area (Å²) in [5.41, 5.74) is 6.23. The molecule has 0 bridgehead atoms. The molecule has 1 nitrogen and oxygen atoms in total. The maximum atomic E-state index is 6.23. The summed E-state index contributed by atoms with van der Waals surface area (Å²) in [6.07, 6.45) is 7.79. The van der Waals surface area contributed by atoms with Gasteiger partial charge in [0.1, 0.15) is 0 Å². The topological polar surface area (TPSA) is 26.0 Å². The Hall–Kier alpha value is 0.140. The average Bonchev–Trinajstić information content (AvgIpc) is 2.84. The first-order valence-electron chi connectivity index (χ1n) is 5.75. The van der Waals surface area contributed by atoms with Gasteiger partial charge in [-0.25, -0.2) is 0 Å². The SMILES string of the molecule is NC(CCc1ccc(Br)s1)C1CCCC1. The Morgan fingerprint density at radius 3 is 2.73 bits per heavy atom. The number of hydrogen-bond acceptors (Lipinski definition) is 2. The number of thiophene rings is 1. The lowest BCUT2D eigenvalue weighted by Gasteiger charge is -2.17. The molecule has 1 saturated carbocycles. The van der Waals surface area contributed by atoms with Crippen molar-refractivity contribution < 1.29 is 0 Å². The van der Waals surface area contributed by atoms with Gasteiger partial charge in [0.25, 0.3) is 0 Å². The first-order valence-corrected chi connectivity index (χ1v) is 7.36. The van der Waals surface area contributed by atoms with E-state index in [0.717, 1.165) is 18.8 Å². The lowest BCUT2D eigenvalue weighted by Crippen LogP contribution is -2.28. The summed E-state index contributed by atoms with van der Waals surface area (Å²) >= 11 is 5.33. The van der Waals surface area contributed by atoms with Crippen LogP contribution >= 0.6 is 27.3 Å². The third-order valence-electron chi connectivity index (χ3n) is 3.36. The van der Waals surface area contributed by atoms with E-state index in [2.05, 4.69) is 28.1 Å². The average molecular weight is 288 g/mol. The highest BCUT2D eigenvalue weighted by atomic mass is 79.9. The lowest BCUT2D eigenvalue weighted by atomic mass is 9.95. The Kier molecular flexibility index (Phi) is 4.23. The van der Waals surface area contributed by atoms with E-state index in [1.54, 1.807) is 0 Å². The van der Waals surface area contributed by atoms with Crippen LogP contribution in [-0.2, 0) is 6.42 Å². The lowest BCUT2D eigenvalue weighted by molar-refractivity contribution is 0.411. The van der Waals surface area contributed by atoms with Crippen molar-refractivity contribution in [2.24, 2.45) is 11.7 Å². The first kappa shape index (κ1) is 11.6. The van der Waals surface area contributed by atoms with Crippen LogP contribution in [0.15, 0.2) is 15.9 Å². The van der Waals surface area contributed by atoms with Gasteiger partial charge >= 0.3 is 0 Å². The van der Waals surface area contributed by atoms with Crippen LogP contribution < -0.4 is 5.73 Å². The minimum atomic E-state index is 0.424. The molecule has 2 rings (SSSR count). The van der Waals surface area contributed by atoms with E-state index < -0.39 is 0 Å². The maximum Gasteiger partial charge on any atom is 0.0701 e. The van der Waals surface area contributed by atoms with Crippen molar-refractivity contribution in [2.75, 3.05) is 0 Å². The first-order chi connectivity index (χ1) is 7.25. The van der Waals surface area contributed by atoms with Crippen molar-refractivity contribution in [1.29, 1.82) is 0 Å². The molecule has 2 N–H and O–H groups in total. The van der Waals surface area contributed by atoms with Crippen molar-refractivity contribution in [1.82, 2.24) is 0 Å². The molecule has 0 spiro atoms. The molecule has 1 aromatic heterocycles. The van der Waals surface area contributed by atoms with Crippen molar-refractivity contribution >= 4 is 27.3 Å². The predicted octanol–water partition coefficient (Wildman–Crippen LogP) is 3.96. The van der Waals surface area contributed by atoms with Crippen molar-refractivity contribution in [3.05, 3.63) is 20.8 Å². The highest BCUT2D eigenvalue weighted by Crippen LogP contribution is 2.29. The number of nitrogens with two attached hydrogens (primary N) is 1. The minimum Gasteiger partial charge on any atom is -0.327 e. The van der Waals surface area contributed by atoms with Crippen LogP contribution in [0.3, 0.4) is 0 Å². The Bertz CT molecular complexity index is 304. The summed E-state index contributed by atoms with van der Waals surface area (Å²) in [6.45, 7) is 0. The van der Waals surface area contributed by atoms with E-state index in [9.17, 15) is 0 Å². The van der Waals surface area contributed by atoms with E-state index >= 15 is 0 Å². The Morgan fingerprint density at radius 1 is 1.40 bits per heavy atom. The molecule has 1 aliphatic carbocycles. The van der Waals surface area contributed by atoms with Gasteiger partial charge in [0.05, 0.1) is 3.79 Å². The molecule has 1 atom stereocenters. The van der Waals surface area contributed by atoms with E-state index in [1.165, 1.54) is 34.3 Å². The molecule has 0 aliphatic heterocycles. The van der Waals surface area contributed by atoms with Crippen LogP contribution in [0.5, 0.6) is 0 Å². The summed E-state index contributed by atoms with van der Waals surface area (Å²) in [6, 6.07) is 4.75. The number of halogens is 1. The zero-order chi connectivity index (χ0) is 10.7. The standard InChI is InChI=1S/C12H18BrNS/c13-12-8-6-10(15-12)5-7-11(14)9-3-1-2-4-9/h6,8-9,11H,1-5,7,14H2. The molecule has 0 amide bonds. The van der Waals surface area contributed by atoms with Crippen LogP contribution in [0.1, 0.15) is 37.0 Å². The zero-order valence-electron chi connectivity index (χ0n) is 8.92. The van der Waals surface area contributed by atoms with Gasteiger partial charge in [0.2, 0.25) is 0 Å². The Labute approximate surface area is 104 Å². The van der Waals surface area contributed by atoms with Crippen LogP contribution in [0.25, 0.3) is 0 Å². The van der Waals surface area contributed by atoms with Gasteiger partial charge in [-0.15, -0.1) is 11.3 Å². The molecule has 0 radical (unpaired) electrons. The Morgan fingerprint density at radius 2 is 2.13 bits per heavy atom. The zero-order valence-corrected chi connectivity index (χ0v) is 11.3. The fraction of sp³-hybridized carbons (Fsp3) is 0.667. The molecule has 0 saturated heterocycles. The fourth-order valence-electron chi connectivity index (χ4n) is 2.42. The molecule has 84 valence electrons. The number of hydrogen-bond donors (Lipinski definition) is 1. The second-order valence-corrected chi connectivity index (χ2v) is 7.00. The molecule has 1 aromatic rings. The molecule has 15 heavy (non-hydrogen) atoms. The molecule has 1 fully saturated rings. The molecule has 1 heterocycles. The predicted molar refractivity (Wildman–Crippen MR) is 70.3 cm³/mol. The molecule has 1 aliphatic rings. The van der Waals surface area contributed by atoms with E-state index in [1.807, 2.05) is 11.3 Å². The van der Waals surface area contributed by atoms with Gasteiger partial charge in [-0.05, 0) is 59.7 Å². The summed E-state index contributed by atoms with van der Waals surface area (Å²) in [7, 11) is 0. The molecular weight excluding hydrogens is 270 g/mol. The molecule has 3 heteroatoms. The van der Waals surface area contributed by atoms with Crippen LogP contribution in [-0.4, -0.2) is 6.04 Å². The smallest absolute Gasteiger partial charge is 0.0701 e. The minimum absolute atomic E-state index is 0.424. The summed E-state index contributed by atoms with van der Waals surface area (Å²) < 4.78 is 1.23. The monoisotopic (exact) mass is 287 g/mol. The van der Waals surface area contributed by atoms with Gasteiger partial charge in [0.15, 0.2) is 0 Å². The fourth-order valence-corrected chi connectivity index (χ4v) is 3.91.